The van der Waals surface area contributed by atoms with Gasteiger partial charge in [0.05, 0.1) is 0 Å². The maximum absolute atomic E-state index is 2.37. The van der Waals surface area contributed by atoms with Crippen molar-refractivity contribution in [1.82, 2.24) is 0 Å². The fraction of sp³-hybridized carbons (Fsp3) is 0.300. The van der Waals surface area contributed by atoms with Crippen molar-refractivity contribution < 1.29 is 31.1 Å². The van der Waals surface area contributed by atoms with Crippen LogP contribution in [-0.2, 0) is 21.7 Å². The van der Waals surface area contributed by atoms with Gasteiger partial charge in [-0.25, -0.2) is 18.1 Å². The van der Waals surface area contributed by atoms with E-state index in [0.717, 1.165) is 5.92 Å². The quantitative estimate of drug-likeness (QED) is 0.353. The van der Waals surface area contributed by atoms with Crippen molar-refractivity contribution in [3.05, 3.63) is 66.6 Å². The van der Waals surface area contributed by atoms with E-state index in [2.05, 4.69) is 74.4 Å². The third-order valence-electron chi connectivity index (χ3n) is 4.33. The number of rotatable bonds is 1. The SMILES string of the molecule is C1=CCC2CC[CH-]C2=C1.CP(C)c1cc2ccccc2[cH-]1.[F-].[F-].[Ti+4]. The molecule has 2 aromatic rings. The molecule has 2 aliphatic carbocycles. The summed E-state index contributed by atoms with van der Waals surface area (Å²) in [5, 5.41) is 4.26. The molecule has 1 saturated carbocycles. The van der Waals surface area contributed by atoms with Crippen molar-refractivity contribution in [3.63, 3.8) is 0 Å². The summed E-state index contributed by atoms with van der Waals surface area (Å²) in [5.41, 5.74) is 1.58. The van der Waals surface area contributed by atoms with Crippen LogP contribution in [-0.4, -0.2) is 13.3 Å². The Labute approximate surface area is 160 Å². The minimum atomic E-state index is 0. The fourth-order valence-corrected chi connectivity index (χ4v) is 3.85. The van der Waals surface area contributed by atoms with E-state index < -0.39 is 0 Å². The molecule has 126 valence electrons. The van der Waals surface area contributed by atoms with E-state index in [1.807, 2.05) is 0 Å². The van der Waals surface area contributed by atoms with Gasteiger partial charge < -0.3 is 9.41 Å². The first-order chi connectivity index (χ1) is 10.2. The molecule has 1 fully saturated rings. The number of halogens is 2. The molecule has 0 spiro atoms. The molecule has 0 heterocycles. The van der Waals surface area contributed by atoms with Crippen molar-refractivity contribution in [2.24, 2.45) is 5.92 Å². The summed E-state index contributed by atoms with van der Waals surface area (Å²) in [6, 6.07) is 13.2. The Balaban J connectivity index is 0.000000402. The maximum atomic E-state index is 2.37. The molecule has 2 aliphatic rings. The Kier molecular flexibility index (Phi) is 10.6. The summed E-state index contributed by atoms with van der Waals surface area (Å²) in [4.78, 5) is 0. The standard InChI is InChI=1S/C11H12P.C9H11.2FH.Ti/c1-12(2)11-7-9-5-3-4-6-10(9)8-11;1-2-5-9-7-3-6-8(9)4-1;;;/h3-8H,1-2H3;1-2,4,6,9H,3,5,7H2;2*1H;/q2*-1;;;+4/p-2. The molecule has 0 amide bonds. The molecule has 4 rings (SSSR count). The van der Waals surface area contributed by atoms with Gasteiger partial charge in [-0.05, 0) is 25.7 Å². The van der Waals surface area contributed by atoms with E-state index in [-0.39, 0.29) is 39.0 Å². The zero-order valence-corrected chi connectivity index (χ0v) is 16.6. The van der Waals surface area contributed by atoms with Crippen LogP contribution in [0.1, 0.15) is 19.3 Å². The van der Waals surface area contributed by atoms with Crippen LogP contribution in [0.25, 0.3) is 10.8 Å². The van der Waals surface area contributed by atoms with Crippen LogP contribution >= 0.6 is 7.92 Å². The third-order valence-corrected chi connectivity index (χ3v) is 5.62. The second-order valence-electron chi connectivity index (χ2n) is 6.05. The summed E-state index contributed by atoms with van der Waals surface area (Å²) in [5.74, 6) is 0.884. The van der Waals surface area contributed by atoms with Gasteiger partial charge in [0.1, 0.15) is 0 Å². The summed E-state index contributed by atoms with van der Waals surface area (Å²) in [6.07, 6.45) is 13.0. The molecule has 2 aromatic carbocycles. The van der Waals surface area contributed by atoms with Crippen LogP contribution in [0.2, 0.25) is 0 Å². The molecule has 0 N–H and O–H groups in total. The predicted octanol–water partition coefficient (Wildman–Crippen LogP) is -0.582. The number of fused-ring (bicyclic) bond motifs is 2. The minimum Gasteiger partial charge on any atom is -1.00 e. The summed E-state index contributed by atoms with van der Waals surface area (Å²) < 4.78 is 0. The van der Waals surface area contributed by atoms with Gasteiger partial charge in [0, 0.05) is 0 Å². The normalized spacial score (nSPS) is 17.3. The largest absolute Gasteiger partial charge is 4.00 e. The molecular formula is C20H23F2PTi. The molecule has 0 nitrogen and oxygen atoms in total. The van der Waals surface area contributed by atoms with Crippen LogP contribution in [0.4, 0.5) is 0 Å². The van der Waals surface area contributed by atoms with E-state index in [4.69, 9.17) is 0 Å². The second-order valence-corrected chi connectivity index (χ2v) is 8.35. The smallest absolute Gasteiger partial charge is 1.00 e. The number of allylic oxidation sites excluding steroid dienone is 4. The van der Waals surface area contributed by atoms with Crippen LogP contribution in [0.5, 0.6) is 0 Å². The van der Waals surface area contributed by atoms with Gasteiger partial charge in [-0.15, -0.1) is 66.8 Å². The Hall–Kier alpha value is -0.816. The van der Waals surface area contributed by atoms with Gasteiger partial charge >= 0.3 is 21.7 Å². The molecule has 0 aromatic heterocycles. The van der Waals surface area contributed by atoms with Crippen LogP contribution < -0.4 is 14.7 Å². The van der Waals surface area contributed by atoms with E-state index in [1.165, 1.54) is 35.3 Å². The molecule has 1 unspecified atom stereocenters. The Morgan fingerprint density at radius 1 is 1.12 bits per heavy atom. The molecule has 1 atom stereocenters. The average Bonchev–Trinajstić information content (AvgIpc) is 3.14. The second kappa shape index (κ2) is 10.9. The molecule has 4 heteroatoms. The van der Waals surface area contributed by atoms with Crippen molar-refractivity contribution >= 4 is 24.0 Å². The summed E-state index contributed by atoms with van der Waals surface area (Å²) in [6.45, 7) is 4.59. The van der Waals surface area contributed by atoms with E-state index >= 15 is 0 Å². The Morgan fingerprint density at radius 3 is 2.54 bits per heavy atom. The molecule has 0 bridgehead atoms. The number of benzene rings is 1. The topological polar surface area (TPSA) is 0 Å². The minimum absolute atomic E-state index is 0. The predicted molar refractivity (Wildman–Crippen MR) is 96.8 cm³/mol. The van der Waals surface area contributed by atoms with Crippen LogP contribution in [0.15, 0.2) is 60.2 Å². The zero-order chi connectivity index (χ0) is 14.7. The van der Waals surface area contributed by atoms with E-state index in [9.17, 15) is 0 Å². The molecular weight excluding hydrogens is 357 g/mol. The maximum Gasteiger partial charge on any atom is 4.00 e. The first-order valence-electron chi connectivity index (χ1n) is 7.77. The first-order valence-corrected chi connectivity index (χ1v) is 10.0. The summed E-state index contributed by atoms with van der Waals surface area (Å²) >= 11 is 0. The van der Waals surface area contributed by atoms with Gasteiger partial charge in [0.2, 0.25) is 0 Å². The molecule has 0 saturated heterocycles. The monoisotopic (exact) mass is 380 g/mol. The van der Waals surface area contributed by atoms with Gasteiger partial charge in [-0.3, -0.25) is 0 Å². The Bertz CT molecular complexity index is 640. The van der Waals surface area contributed by atoms with Crippen molar-refractivity contribution in [2.75, 3.05) is 13.3 Å². The molecule has 24 heavy (non-hydrogen) atoms. The van der Waals surface area contributed by atoms with Crippen molar-refractivity contribution in [2.45, 2.75) is 19.3 Å². The van der Waals surface area contributed by atoms with Gasteiger partial charge in [0.15, 0.2) is 0 Å². The van der Waals surface area contributed by atoms with E-state index in [0.29, 0.717) is 0 Å². The Morgan fingerprint density at radius 2 is 1.88 bits per heavy atom. The van der Waals surface area contributed by atoms with Crippen LogP contribution in [0, 0.1) is 12.3 Å². The first kappa shape index (κ1) is 23.2. The summed E-state index contributed by atoms with van der Waals surface area (Å²) in [7, 11) is 0.0576. The van der Waals surface area contributed by atoms with Crippen molar-refractivity contribution in [1.29, 1.82) is 0 Å². The fourth-order valence-electron chi connectivity index (χ4n) is 3.06. The van der Waals surface area contributed by atoms with Gasteiger partial charge in [-0.1, -0.05) is 12.5 Å². The number of hydrogen-bond acceptors (Lipinski definition) is 0. The number of hydrogen-bond donors (Lipinski definition) is 0. The van der Waals surface area contributed by atoms with Crippen molar-refractivity contribution in [3.8, 4) is 0 Å². The molecule has 0 aliphatic heterocycles. The van der Waals surface area contributed by atoms with Gasteiger partial charge in [-0.2, -0.15) is 6.07 Å². The van der Waals surface area contributed by atoms with E-state index in [1.54, 1.807) is 5.57 Å². The molecule has 0 radical (unpaired) electrons. The third kappa shape index (κ3) is 5.62. The van der Waals surface area contributed by atoms with Gasteiger partial charge in [0.25, 0.3) is 0 Å². The van der Waals surface area contributed by atoms with Crippen LogP contribution in [0.3, 0.4) is 0 Å². The average molecular weight is 380 g/mol. The zero-order valence-electron chi connectivity index (χ0n) is 14.2.